The van der Waals surface area contributed by atoms with Crippen molar-refractivity contribution in [2.75, 3.05) is 18.1 Å². The van der Waals surface area contributed by atoms with Crippen LogP contribution < -0.4 is 9.64 Å². The van der Waals surface area contributed by atoms with Crippen molar-refractivity contribution in [3.63, 3.8) is 0 Å². The molecule has 1 aliphatic heterocycles. The number of fused-ring (bicyclic) bond motifs is 2. The molecule has 1 atom stereocenters. The summed E-state index contributed by atoms with van der Waals surface area (Å²) in [5, 5.41) is 0.599. The largest absolute Gasteiger partial charge is 0.482 e. The van der Waals surface area contributed by atoms with Crippen LogP contribution in [0.2, 0.25) is 5.02 Å². The third-order valence-corrected chi connectivity index (χ3v) is 5.13. The number of carbonyl (C=O) groups is 2. The Kier molecular flexibility index (Phi) is 5.15. The van der Waals surface area contributed by atoms with Crippen LogP contribution in [0.3, 0.4) is 0 Å². The number of rotatable bonds is 5. The van der Waals surface area contributed by atoms with Crippen molar-refractivity contribution in [2.24, 2.45) is 7.05 Å². The average molecular weight is 414 g/mol. The summed E-state index contributed by atoms with van der Waals surface area (Å²) >= 11 is 6.03. The molecule has 3 aromatic rings. The number of imidazole rings is 1. The second-order valence-corrected chi connectivity index (χ2v) is 7.28. The van der Waals surface area contributed by atoms with Crippen LogP contribution in [0.1, 0.15) is 25.3 Å². The van der Waals surface area contributed by atoms with E-state index in [9.17, 15) is 9.59 Å². The normalized spacial score (nSPS) is 14.4. The number of hydrogen-bond donors (Lipinski definition) is 0. The summed E-state index contributed by atoms with van der Waals surface area (Å²) < 4.78 is 12.9. The smallest absolute Gasteiger partial charge is 0.308 e. The Morgan fingerprint density at radius 3 is 2.93 bits per heavy atom. The molecule has 8 heteroatoms. The quantitative estimate of drug-likeness (QED) is 0.597. The number of carbonyl (C=O) groups excluding carboxylic acids is 2. The average Bonchev–Trinajstić information content (AvgIpc) is 3.03. The van der Waals surface area contributed by atoms with Crippen LogP contribution in [-0.4, -0.2) is 34.6 Å². The van der Waals surface area contributed by atoms with E-state index in [1.165, 1.54) is 0 Å². The van der Waals surface area contributed by atoms with Gasteiger partial charge in [0.05, 0.1) is 23.1 Å². The van der Waals surface area contributed by atoms with E-state index in [0.717, 1.165) is 11.0 Å². The summed E-state index contributed by atoms with van der Waals surface area (Å²) in [5.41, 5.74) is 2.31. The molecule has 0 N–H and O–H groups in total. The Morgan fingerprint density at radius 1 is 1.31 bits per heavy atom. The lowest BCUT2D eigenvalue weighted by Crippen LogP contribution is -2.40. The van der Waals surface area contributed by atoms with Gasteiger partial charge in [-0.1, -0.05) is 23.7 Å². The van der Waals surface area contributed by atoms with E-state index in [1.54, 1.807) is 36.1 Å². The predicted octanol–water partition coefficient (Wildman–Crippen LogP) is 3.65. The van der Waals surface area contributed by atoms with Crippen LogP contribution in [0.5, 0.6) is 5.75 Å². The highest BCUT2D eigenvalue weighted by Gasteiger charge is 2.26. The maximum absolute atomic E-state index is 12.4. The number of para-hydroxylation sites is 2. The molecule has 1 unspecified atom stereocenters. The molecule has 2 heterocycles. The number of halogens is 1. The van der Waals surface area contributed by atoms with Gasteiger partial charge in [0.25, 0.3) is 5.91 Å². The molecule has 1 amide bonds. The van der Waals surface area contributed by atoms with Crippen molar-refractivity contribution in [2.45, 2.75) is 19.4 Å². The number of esters is 1. The van der Waals surface area contributed by atoms with E-state index in [4.69, 9.17) is 21.1 Å². The summed E-state index contributed by atoms with van der Waals surface area (Å²) in [7, 11) is 1.87. The molecule has 1 aromatic heterocycles. The van der Waals surface area contributed by atoms with E-state index in [1.807, 2.05) is 29.8 Å². The third kappa shape index (κ3) is 3.78. The first kappa shape index (κ1) is 19.3. The van der Waals surface area contributed by atoms with Crippen LogP contribution >= 0.6 is 11.6 Å². The van der Waals surface area contributed by atoms with Gasteiger partial charge in [-0.3, -0.25) is 9.59 Å². The van der Waals surface area contributed by atoms with Gasteiger partial charge in [-0.25, -0.2) is 4.98 Å². The van der Waals surface area contributed by atoms with Gasteiger partial charge in [-0.2, -0.15) is 0 Å². The molecule has 0 fully saturated rings. The first-order valence-corrected chi connectivity index (χ1v) is 9.65. The molecule has 2 aromatic carbocycles. The van der Waals surface area contributed by atoms with E-state index in [0.29, 0.717) is 22.3 Å². The molecule has 7 nitrogen and oxygen atoms in total. The van der Waals surface area contributed by atoms with Crippen molar-refractivity contribution < 1.29 is 19.1 Å². The lowest BCUT2D eigenvalue weighted by atomic mass is 10.2. The molecule has 1 aliphatic rings. The van der Waals surface area contributed by atoms with Crippen molar-refractivity contribution in [1.29, 1.82) is 0 Å². The van der Waals surface area contributed by atoms with Crippen molar-refractivity contribution in [3.8, 4) is 5.75 Å². The Balaban J connectivity index is 1.43. The van der Waals surface area contributed by atoms with Gasteiger partial charge in [0.15, 0.2) is 18.5 Å². The van der Waals surface area contributed by atoms with E-state index in [2.05, 4.69) is 4.98 Å². The molecule has 4 rings (SSSR count). The zero-order valence-electron chi connectivity index (χ0n) is 16.1. The second kappa shape index (κ2) is 7.75. The van der Waals surface area contributed by atoms with Gasteiger partial charge in [0.2, 0.25) is 0 Å². The number of ether oxygens (including phenoxy) is 2. The van der Waals surface area contributed by atoms with Gasteiger partial charge in [-0.05, 0) is 37.3 Å². The summed E-state index contributed by atoms with van der Waals surface area (Å²) in [5.74, 6) is 0.673. The van der Waals surface area contributed by atoms with Crippen LogP contribution in [0.25, 0.3) is 11.0 Å². The van der Waals surface area contributed by atoms with E-state index in [-0.39, 0.29) is 25.5 Å². The standard InChI is InChI=1S/C21H20ClN3O4/c1-13(21-23-15-11-14(22)7-8-16(15)24(21)2)29-20(27)9-10-25-17-5-3-4-6-18(17)28-12-19(25)26/h3-8,11,13H,9-10,12H2,1-2H3. The Bertz CT molecular complexity index is 1090. The second-order valence-electron chi connectivity index (χ2n) is 6.85. The van der Waals surface area contributed by atoms with Crippen LogP contribution in [0, 0.1) is 0 Å². The highest BCUT2D eigenvalue weighted by atomic mass is 35.5. The zero-order chi connectivity index (χ0) is 20.5. The fourth-order valence-electron chi connectivity index (χ4n) is 3.47. The number of aryl methyl sites for hydroxylation is 1. The minimum Gasteiger partial charge on any atom is -0.482 e. The Labute approximate surface area is 172 Å². The number of hydrogen-bond acceptors (Lipinski definition) is 5. The number of nitrogens with zero attached hydrogens (tertiary/aromatic N) is 3. The van der Waals surface area contributed by atoms with Crippen molar-refractivity contribution in [3.05, 3.63) is 53.3 Å². The topological polar surface area (TPSA) is 73.7 Å². The van der Waals surface area contributed by atoms with Crippen molar-refractivity contribution in [1.82, 2.24) is 9.55 Å². The van der Waals surface area contributed by atoms with Crippen molar-refractivity contribution >= 4 is 40.2 Å². The van der Waals surface area contributed by atoms with E-state index >= 15 is 0 Å². The number of aromatic nitrogens is 2. The minimum atomic E-state index is -0.536. The monoisotopic (exact) mass is 413 g/mol. The molecule has 150 valence electrons. The number of benzene rings is 2. The molecular weight excluding hydrogens is 394 g/mol. The molecular formula is C21H20ClN3O4. The lowest BCUT2D eigenvalue weighted by molar-refractivity contribution is -0.148. The summed E-state index contributed by atoms with van der Waals surface area (Å²) in [4.78, 5) is 30.7. The minimum absolute atomic E-state index is 0.0368. The van der Waals surface area contributed by atoms with Crippen LogP contribution in [0.15, 0.2) is 42.5 Å². The molecule has 0 radical (unpaired) electrons. The SMILES string of the molecule is CC(OC(=O)CCN1C(=O)COc2ccccc21)c1nc2cc(Cl)ccc2n1C. The highest BCUT2D eigenvalue weighted by Crippen LogP contribution is 2.31. The van der Waals surface area contributed by atoms with Gasteiger partial charge < -0.3 is 18.9 Å². The number of amides is 1. The first-order valence-electron chi connectivity index (χ1n) is 9.27. The maximum atomic E-state index is 12.4. The molecule has 0 bridgehead atoms. The van der Waals surface area contributed by atoms with E-state index < -0.39 is 12.1 Å². The van der Waals surface area contributed by atoms with Crippen LogP contribution in [0.4, 0.5) is 5.69 Å². The van der Waals surface area contributed by atoms with Crippen LogP contribution in [-0.2, 0) is 21.4 Å². The van der Waals surface area contributed by atoms with Gasteiger partial charge >= 0.3 is 5.97 Å². The first-order chi connectivity index (χ1) is 13.9. The summed E-state index contributed by atoms with van der Waals surface area (Å²) in [6.07, 6.45) is -0.466. The number of anilines is 1. The zero-order valence-corrected chi connectivity index (χ0v) is 16.8. The molecule has 29 heavy (non-hydrogen) atoms. The van der Waals surface area contributed by atoms with Gasteiger partial charge in [-0.15, -0.1) is 0 Å². The maximum Gasteiger partial charge on any atom is 0.308 e. The highest BCUT2D eigenvalue weighted by molar-refractivity contribution is 6.31. The van der Waals surface area contributed by atoms with Gasteiger partial charge in [0, 0.05) is 18.6 Å². The third-order valence-electron chi connectivity index (χ3n) is 4.90. The Morgan fingerprint density at radius 2 is 2.10 bits per heavy atom. The predicted molar refractivity (Wildman–Crippen MR) is 109 cm³/mol. The summed E-state index contributed by atoms with van der Waals surface area (Å²) in [6.45, 7) is 1.96. The molecule has 0 aliphatic carbocycles. The Hall–Kier alpha value is -3.06. The fourth-order valence-corrected chi connectivity index (χ4v) is 3.63. The summed E-state index contributed by atoms with van der Waals surface area (Å²) in [6, 6.07) is 12.7. The lowest BCUT2D eigenvalue weighted by Gasteiger charge is -2.29. The molecule has 0 saturated heterocycles. The fraction of sp³-hybridized carbons (Fsp3) is 0.286. The molecule has 0 saturated carbocycles. The van der Waals surface area contributed by atoms with Gasteiger partial charge in [0.1, 0.15) is 5.75 Å². The molecule has 0 spiro atoms.